The molecule has 3 nitrogen and oxygen atoms in total. The third-order valence-electron chi connectivity index (χ3n) is 3.61. The summed E-state index contributed by atoms with van der Waals surface area (Å²) in [5, 5.41) is 10.4. The lowest BCUT2D eigenvalue weighted by molar-refractivity contribution is -0.297. The predicted octanol–water partition coefficient (Wildman–Crippen LogP) is 2.00. The molecule has 0 unspecified atom stereocenters. The molecular weight excluding hydrogens is 264 g/mol. The summed E-state index contributed by atoms with van der Waals surface area (Å²) in [6.45, 7) is 0. The fourth-order valence-corrected chi connectivity index (χ4v) is 2.62. The number of carboxylic acid groups (broad SMARTS) is 1. The van der Waals surface area contributed by atoms with Crippen LogP contribution in [-0.4, -0.2) is 12.1 Å². The van der Waals surface area contributed by atoms with Gasteiger partial charge in [-0.1, -0.05) is 42.5 Å². The Morgan fingerprint density at radius 1 is 1.05 bits per heavy atom. The minimum Gasteiger partial charge on any atom is -0.545 e. The highest BCUT2D eigenvalue weighted by Crippen LogP contribution is 2.25. The first-order valence-corrected chi connectivity index (χ1v) is 6.93. The maximum Gasteiger partial charge on any atom is 0.119 e. The molecular formula is C18H15O3-. The van der Waals surface area contributed by atoms with Crippen molar-refractivity contribution in [1.82, 2.24) is 0 Å². The first kappa shape index (κ1) is 13.4. The predicted molar refractivity (Wildman–Crippen MR) is 78.7 cm³/mol. The van der Waals surface area contributed by atoms with Crippen LogP contribution in [-0.2, 0) is 17.6 Å². The van der Waals surface area contributed by atoms with E-state index in [1.54, 1.807) is 0 Å². The summed E-state index contributed by atoms with van der Waals surface area (Å²) in [6, 6.07) is 15.8. The first-order chi connectivity index (χ1) is 10.2. The number of hydrogen-bond donors (Lipinski definition) is 0. The molecule has 0 radical (unpaired) electrons. The van der Waals surface area contributed by atoms with Crippen LogP contribution in [0, 0.1) is 0 Å². The van der Waals surface area contributed by atoms with E-state index in [4.69, 9.17) is 4.74 Å². The highest BCUT2D eigenvalue weighted by molar-refractivity contribution is 5.83. The van der Waals surface area contributed by atoms with Crippen molar-refractivity contribution in [3.05, 3.63) is 71.3 Å². The zero-order valence-corrected chi connectivity index (χ0v) is 11.5. The smallest absolute Gasteiger partial charge is 0.119 e. The van der Waals surface area contributed by atoms with Gasteiger partial charge in [0.2, 0.25) is 0 Å². The molecule has 1 aliphatic rings. The summed E-state index contributed by atoms with van der Waals surface area (Å²) >= 11 is 0. The Bertz CT molecular complexity index is 646. The van der Waals surface area contributed by atoms with E-state index in [-0.39, 0.29) is 6.10 Å². The number of aliphatic carboxylic acids is 1. The van der Waals surface area contributed by atoms with Crippen molar-refractivity contribution in [3.63, 3.8) is 0 Å². The Hall–Kier alpha value is -2.55. The largest absolute Gasteiger partial charge is 0.545 e. The summed E-state index contributed by atoms with van der Waals surface area (Å²) in [5.41, 5.74) is 3.52. The third kappa shape index (κ3) is 3.31. The molecule has 0 aliphatic heterocycles. The number of ether oxygens (including phenoxy) is 1. The molecule has 3 heteroatoms. The molecule has 2 aromatic carbocycles. The summed E-state index contributed by atoms with van der Waals surface area (Å²) in [5.74, 6) is -0.391. The molecule has 21 heavy (non-hydrogen) atoms. The number of rotatable bonds is 4. The lowest BCUT2D eigenvalue weighted by Crippen LogP contribution is -2.18. The molecule has 1 aliphatic carbocycles. The van der Waals surface area contributed by atoms with Gasteiger partial charge in [-0.05, 0) is 34.9 Å². The van der Waals surface area contributed by atoms with Gasteiger partial charge in [-0.3, -0.25) is 0 Å². The second kappa shape index (κ2) is 5.83. The second-order valence-electron chi connectivity index (χ2n) is 5.14. The zero-order chi connectivity index (χ0) is 14.7. The first-order valence-electron chi connectivity index (χ1n) is 6.93. The summed E-state index contributed by atoms with van der Waals surface area (Å²) in [6.07, 6.45) is 4.56. The standard InChI is InChI=1S/C18H16O3/c19-18(20)10-7-13-5-8-16(9-6-13)21-17-11-14-3-1-2-4-15(14)12-17/h1-10,17H,11-12H2,(H,19,20)/p-1/b10-7+. The molecule has 0 saturated heterocycles. The van der Waals surface area contributed by atoms with Gasteiger partial charge < -0.3 is 14.6 Å². The molecule has 0 saturated carbocycles. The lowest BCUT2D eigenvalue weighted by atomic mass is 10.1. The van der Waals surface area contributed by atoms with Crippen molar-refractivity contribution in [2.24, 2.45) is 0 Å². The molecule has 0 N–H and O–H groups in total. The topological polar surface area (TPSA) is 49.4 Å². The van der Waals surface area contributed by atoms with Gasteiger partial charge in [-0.2, -0.15) is 0 Å². The van der Waals surface area contributed by atoms with E-state index < -0.39 is 5.97 Å². The van der Waals surface area contributed by atoms with Gasteiger partial charge in [0.1, 0.15) is 11.9 Å². The van der Waals surface area contributed by atoms with Crippen LogP contribution >= 0.6 is 0 Å². The number of benzene rings is 2. The minimum absolute atomic E-state index is 0.173. The molecule has 0 amide bonds. The summed E-state index contributed by atoms with van der Waals surface area (Å²) < 4.78 is 5.99. The average Bonchev–Trinajstić information content (AvgIpc) is 2.88. The number of carbonyl (C=O) groups excluding carboxylic acids is 1. The monoisotopic (exact) mass is 279 g/mol. The van der Waals surface area contributed by atoms with Gasteiger partial charge in [0.25, 0.3) is 0 Å². The molecule has 0 atom stereocenters. The van der Waals surface area contributed by atoms with Crippen LogP contribution in [0.5, 0.6) is 5.75 Å². The van der Waals surface area contributed by atoms with E-state index in [1.807, 2.05) is 24.3 Å². The van der Waals surface area contributed by atoms with Gasteiger partial charge in [0, 0.05) is 12.8 Å². The van der Waals surface area contributed by atoms with Crippen LogP contribution in [0.25, 0.3) is 6.08 Å². The van der Waals surface area contributed by atoms with Gasteiger partial charge >= 0.3 is 0 Å². The van der Waals surface area contributed by atoms with Crippen LogP contribution in [0.3, 0.4) is 0 Å². The minimum atomic E-state index is -1.20. The van der Waals surface area contributed by atoms with Gasteiger partial charge in [-0.25, -0.2) is 0 Å². The maximum atomic E-state index is 10.4. The van der Waals surface area contributed by atoms with Crippen molar-refractivity contribution >= 4 is 12.0 Å². The number of fused-ring (bicyclic) bond motifs is 1. The Kier molecular flexibility index (Phi) is 3.73. The van der Waals surface area contributed by atoms with Crippen molar-refractivity contribution in [2.75, 3.05) is 0 Å². The molecule has 0 aromatic heterocycles. The Morgan fingerprint density at radius 3 is 2.24 bits per heavy atom. The molecule has 3 rings (SSSR count). The molecule has 0 heterocycles. The van der Waals surface area contributed by atoms with E-state index in [0.29, 0.717) is 0 Å². The highest BCUT2D eigenvalue weighted by atomic mass is 16.5. The van der Waals surface area contributed by atoms with Crippen molar-refractivity contribution in [1.29, 1.82) is 0 Å². The van der Waals surface area contributed by atoms with Crippen LogP contribution in [0.15, 0.2) is 54.6 Å². The second-order valence-corrected chi connectivity index (χ2v) is 5.14. The Morgan fingerprint density at radius 2 is 1.67 bits per heavy atom. The SMILES string of the molecule is O=C([O-])/C=C/c1ccc(OC2Cc3ccccc3C2)cc1. The number of carboxylic acids is 1. The quantitative estimate of drug-likeness (QED) is 0.804. The van der Waals surface area contributed by atoms with E-state index in [1.165, 1.54) is 17.2 Å². The summed E-state index contributed by atoms with van der Waals surface area (Å²) in [4.78, 5) is 10.4. The number of carbonyl (C=O) groups is 1. The van der Waals surface area contributed by atoms with E-state index in [9.17, 15) is 9.90 Å². The van der Waals surface area contributed by atoms with Crippen LogP contribution < -0.4 is 9.84 Å². The molecule has 0 fully saturated rings. The highest BCUT2D eigenvalue weighted by Gasteiger charge is 2.22. The van der Waals surface area contributed by atoms with Gasteiger partial charge in [0.15, 0.2) is 0 Å². The Balaban J connectivity index is 1.63. The zero-order valence-electron chi connectivity index (χ0n) is 11.5. The Labute approximate surface area is 123 Å². The van der Waals surface area contributed by atoms with E-state index in [2.05, 4.69) is 24.3 Å². The van der Waals surface area contributed by atoms with Gasteiger partial charge in [-0.15, -0.1) is 0 Å². The fraction of sp³-hybridized carbons (Fsp3) is 0.167. The fourth-order valence-electron chi connectivity index (χ4n) is 2.62. The molecule has 106 valence electrons. The van der Waals surface area contributed by atoms with Crippen LogP contribution in [0.2, 0.25) is 0 Å². The summed E-state index contributed by atoms with van der Waals surface area (Å²) in [7, 11) is 0. The van der Waals surface area contributed by atoms with Crippen LogP contribution in [0.4, 0.5) is 0 Å². The number of hydrogen-bond acceptors (Lipinski definition) is 3. The average molecular weight is 279 g/mol. The van der Waals surface area contributed by atoms with E-state index in [0.717, 1.165) is 30.2 Å². The lowest BCUT2D eigenvalue weighted by Gasteiger charge is -2.13. The van der Waals surface area contributed by atoms with Crippen LogP contribution in [0.1, 0.15) is 16.7 Å². The maximum absolute atomic E-state index is 10.4. The van der Waals surface area contributed by atoms with E-state index >= 15 is 0 Å². The van der Waals surface area contributed by atoms with Crippen molar-refractivity contribution < 1.29 is 14.6 Å². The molecule has 0 spiro atoms. The van der Waals surface area contributed by atoms with Crippen molar-refractivity contribution in [3.8, 4) is 5.75 Å². The van der Waals surface area contributed by atoms with Crippen molar-refractivity contribution in [2.45, 2.75) is 18.9 Å². The normalized spacial score (nSPS) is 14.3. The van der Waals surface area contributed by atoms with Gasteiger partial charge in [0.05, 0.1) is 5.97 Å². The molecule has 0 bridgehead atoms. The third-order valence-corrected chi connectivity index (χ3v) is 3.61. The molecule has 2 aromatic rings.